The zero-order valence-corrected chi connectivity index (χ0v) is 12.0. The van der Waals surface area contributed by atoms with Crippen molar-refractivity contribution in [1.29, 1.82) is 0 Å². The van der Waals surface area contributed by atoms with Crippen molar-refractivity contribution < 1.29 is 58.6 Å². The first-order valence-corrected chi connectivity index (χ1v) is 5.92. The van der Waals surface area contributed by atoms with Crippen molar-refractivity contribution in [3.05, 3.63) is 0 Å². The van der Waals surface area contributed by atoms with E-state index in [1.54, 1.807) is 0 Å². The lowest BCUT2D eigenvalue weighted by Gasteiger charge is -2.34. The van der Waals surface area contributed by atoms with Crippen LogP contribution in [0.4, 0.5) is 39.5 Å². The lowest BCUT2D eigenvalue weighted by atomic mass is 9.94. The van der Waals surface area contributed by atoms with Gasteiger partial charge in [-0.1, -0.05) is 0 Å². The van der Waals surface area contributed by atoms with Crippen molar-refractivity contribution in [2.45, 2.75) is 36.8 Å². The quantitative estimate of drug-likeness (QED) is 0.388. The molecule has 24 heavy (non-hydrogen) atoms. The van der Waals surface area contributed by atoms with Crippen molar-refractivity contribution >= 4 is 11.9 Å². The Hall–Kier alpha value is -1.69. The maximum Gasteiger partial charge on any atom is 0.460 e. The van der Waals surface area contributed by atoms with Crippen LogP contribution in [-0.2, 0) is 19.1 Å². The zero-order chi connectivity index (χ0) is 19.6. The minimum Gasteiger partial charge on any atom is -0.468 e. The van der Waals surface area contributed by atoms with Crippen LogP contribution >= 0.6 is 0 Å². The number of alkyl halides is 9. The van der Waals surface area contributed by atoms with Gasteiger partial charge in [-0.05, 0) is 6.42 Å². The molecule has 4 nitrogen and oxygen atoms in total. The van der Waals surface area contributed by atoms with E-state index in [0.29, 0.717) is 14.2 Å². The van der Waals surface area contributed by atoms with E-state index >= 15 is 0 Å². The van der Waals surface area contributed by atoms with Gasteiger partial charge in [0.2, 0.25) is 0 Å². The van der Waals surface area contributed by atoms with Crippen molar-refractivity contribution in [1.82, 2.24) is 0 Å². The molecule has 0 fully saturated rings. The molecule has 0 saturated heterocycles. The molecule has 142 valence electrons. The maximum absolute atomic E-state index is 13.3. The van der Waals surface area contributed by atoms with Gasteiger partial charge in [0.1, 0.15) is 0 Å². The summed E-state index contributed by atoms with van der Waals surface area (Å²) < 4.78 is 122. The number of methoxy groups -OCH3 is 2. The molecule has 0 heterocycles. The van der Waals surface area contributed by atoms with Gasteiger partial charge < -0.3 is 9.47 Å². The summed E-state index contributed by atoms with van der Waals surface area (Å²) in [4.78, 5) is 22.3. The Morgan fingerprint density at radius 1 is 0.792 bits per heavy atom. The third-order valence-corrected chi connectivity index (χ3v) is 2.93. The molecule has 0 bridgehead atoms. The van der Waals surface area contributed by atoms with Crippen LogP contribution in [-0.4, -0.2) is 50.1 Å². The van der Waals surface area contributed by atoms with Crippen LogP contribution in [0.25, 0.3) is 0 Å². The van der Waals surface area contributed by atoms with E-state index in [2.05, 4.69) is 9.47 Å². The second-order valence-electron chi connectivity index (χ2n) is 4.49. The maximum atomic E-state index is 13.3. The Morgan fingerprint density at radius 2 is 1.17 bits per heavy atom. The summed E-state index contributed by atoms with van der Waals surface area (Å²) in [5, 5.41) is 0. The molecule has 0 aromatic carbocycles. The second-order valence-corrected chi connectivity index (χ2v) is 4.49. The molecular weight excluding hydrogens is 367 g/mol. The van der Waals surface area contributed by atoms with Gasteiger partial charge in [-0.25, -0.2) is 0 Å². The highest BCUT2D eigenvalue weighted by atomic mass is 19.4. The number of rotatable bonds is 7. The highest BCUT2D eigenvalue weighted by molar-refractivity contribution is 5.94. The predicted molar refractivity (Wildman–Crippen MR) is 57.7 cm³/mol. The lowest BCUT2D eigenvalue weighted by molar-refractivity contribution is -0.396. The fraction of sp³-hybridized carbons (Fsp3) is 0.818. The van der Waals surface area contributed by atoms with Gasteiger partial charge in [-0.15, -0.1) is 0 Å². The average Bonchev–Trinajstić information content (AvgIpc) is 2.44. The molecule has 0 unspecified atom stereocenters. The fourth-order valence-electron chi connectivity index (χ4n) is 1.51. The van der Waals surface area contributed by atoms with E-state index < -0.39 is 54.6 Å². The van der Waals surface area contributed by atoms with Gasteiger partial charge in [0.05, 0.1) is 14.2 Å². The summed E-state index contributed by atoms with van der Waals surface area (Å²) in [6, 6.07) is 0. The molecule has 0 aliphatic carbocycles. The summed E-state index contributed by atoms with van der Waals surface area (Å²) in [6.45, 7) is 0. The minimum absolute atomic E-state index is 0.697. The third kappa shape index (κ3) is 4.04. The van der Waals surface area contributed by atoms with Gasteiger partial charge in [-0.3, -0.25) is 9.59 Å². The van der Waals surface area contributed by atoms with Crippen LogP contribution in [0.1, 0.15) is 12.8 Å². The molecule has 0 aliphatic heterocycles. The standard InChI is InChI=1S/C11H11F9O4/c1-23-6(21)5(7(22)24-2)3-4-8(12,13)9(14,15)10(16,17)11(18,19)20/h5H,3-4H2,1-2H3. The van der Waals surface area contributed by atoms with Gasteiger partial charge >= 0.3 is 35.9 Å². The van der Waals surface area contributed by atoms with E-state index in [9.17, 15) is 49.1 Å². The molecule has 0 aromatic rings. The van der Waals surface area contributed by atoms with E-state index in [1.807, 2.05) is 0 Å². The molecule has 0 spiro atoms. The predicted octanol–water partition coefficient (Wildman–Crippen LogP) is 3.20. The molecular formula is C11H11F9O4. The van der Waals surface area contributed by atoms with Crippen molar-refractivity contribution in [3.8, 4) is 0 Å². The number of hydrogen-bond donors (Lipinski definition) is 0. The first kappa shape index (κ1) is 22.3. The summed E-state index contributed by atoms with van der Waals surface area (Å²) in [5.41, 5.74) is 0. The van der Waals surface area contributed by atoms with E-state index in [0.717, 1.165) is 0 Å². The third-order valence-electron chi connectivity index (χ3n) is 2.93. The lowest BCUT2D eigenvalue weighted by Crippen LogP contribution is -2.60. The van der Waals surface area contributed by atoms with Crippen LogP contribution in [0, 0.1) is 5.92 Å². The molecule has 0 radical (unpaired) electrons. The van der Waals surface area contributed by atoms with E-state index in [1.165, 1.54) is 0 Å². The number of esters is 2. The summed E-state index contributed by atoms with van der Waals surface area (Å²) in [5.74, 6) is -24.9. The van der Waals surface area contributed by atoms with Crippen molar-refractivity contribution in [2.24, 2.45) is 5.92 Å². The molecule has 13 heteroatoms. The zero-order valence-electron chi connectivity index (χ0n) is 12.0. The van der Waals surface area contributed by atoms with Gasteiger partial charge in [0.25, 0.3) is 0 Å². The van der Waals surface area contributed by atoms with E-state index in [-0.39, 0.29) is 0 Å². The van der Waals surface area contributed by atoms with Crippen LogP contribution < -0.4 is 0 Å². The SMILES string of the molecule is COC(=O)C(CCC(F)(F)C(F)(F)C(F)(F)C(F)(F)F)C(=O)OC. The second kappa shape index (κ2) is 7.05. The highest BCUT2D eigenvalue weighted by Gasteiger charge is 2.81. The first-order valence-electron chi connectivity index (χ1n) is 5.92. The van der Waals surface area contributed by atoms with Crippen LogP contribution in [0.2, 0.25) is 0 Å². The normalized spacial score (nSPS) is 13.8. The van der Waals surface area contributed by atoms with Crippen LogP contribution in [0.5, 0.6) is 0 Å². The molecule has 0 atom stereocenters. The average molecular weight is 378 g/mol. The minimum atomic E-state index is -7.03. The highest BCUT2D eigenvalue weighted by Crippen LogP contribution is 2.54. The van der Waals surface area contributed by atoms with Crippen LogP contribution in [0.15, 0.2) is 0 Å². The van der Waals surface area contributed by atoms with Crippen molar-refractivity contribution in [3.63, 3.8) is 0 Å². The number of hydrogen-bond acceptors (Lipinski definition) is 4. The number of halogens is 9. The fourth-order valence-corrected chi connectivity index (χ4v) is 1.51. The molecule has 0 aliphatic rings. The Bertz CT molecular complexity index is 457. The van der Waals surface area contributed by atoms with Gasteiger partial charge in [0.15, 0.2) is 5.92 Å². The Labute approximate surface area is 128 Å². The van der Waals surface area contributed by atoms with Gasteiger partial charge in [0, 0.05) is 6.42 Å². The largest absolute Gasteiger partial charge is 0.468 e. The smallest absolute Gasteiger partial charge is 0.460 e. The topological polar surface area (TPSA) is 52.6 Å². The molecule has 0 saturated carbocycles. The number of carbonyl (C=O) groups excluding carboxylic acids is 2. The summed E-state index contributed by atoms with van der Waals surface area (Å²) in [7, 11) is 1.39. The number of ether oxygens (including phenoxy) is 2. The molecule has 0 N–H and O–H groups in total. The Morgan fingerprint density at radius 3 is 1.46 bits per heavy atom. The van der Waals surface area contributed by atoms with Crippen LogP contribution in [0.3, 0.4) is 0 Å². The molecule has 0 rings (SSSR count). The Kier molecular flexibility index (Phi) is 6.55. The molecule has 0 amide bonds. The molecule has 0 aromatic heterocycles. The van der Waals surface area contributed by atoms with E-state index in [4.69, 9.17) is 0 Å². The summed E-state index contributed by atoms with van der Waals surface area (Å²) in [6.07, 6.45) is -10.8. The summed E-state index contributed by atoms with van der Waals surface area (Å²) >= 11 is 0. The monoisotopic (exact) mass is 378 g/mol. The van der Waals surface area contributed by atoms with Crippen molar-refractivity contribution in [2.75, 3.05) is 14.2 Å². The Balaban J connectivity index is 5.46. The first-order chi connectivity index (χ1) is 10.6. The van der Waals surface area contributed by atoms with Gasteiger partial charge in [-0.2, -0.15) is 39.5 Å². The number of carbonyl (C=O) groups is 2.